The van der Waals surface area contributed by atoms with E-state index in [0.717, 1.165) is 35.0 Å². The summed E-state index contributed by atoms with van der Waals surface area (Å²) in [5, 5.41) is -2.94. The monoisotopic (exact) mass is 430 g/mol. The van der Waals surface area contributed by atoms with E-state index in [1.807, 2.05) is 24.3 Å². The summed E-state index contributed by atoms with van der Waals surface area (Å²) in [6.07, 6.45) is 3.88. The predicted molar refractivity (Wildman–Crippen MR) is 87.7 cm³/mol. The van der Waals surface area contributed by atoms with E-state index < -0.39 is 25.7 Å². The van der Waals surface area contributed by atoms with Gasteiger partial charge in [-0.25, -0.2) is 0 Å². The van der Waals surface area contributed by atoms with Crippen LogP contribution >= 0.6 is 5.29 Å². The van der Waals surface area contributed by atoms with Crippen LogP contribution in [0.3, 0.4) is 0 Å². The fourth-order valence-electron chi connectivity index (χ4n) is 1.50. The molecule has 0 fully saturated rings. The van der Waals surface area contributed by atoms with Crippen LogP contribution < -0.4 is 8.35 Å². The van der Waals surface area contributed by atoms with E-state index in [1.54, 1.807) is 7.11 Å². The molecule has 0 aliphatic heterocycles. The van der Waals surface area contributed by atoms with Gasteiger partial charge in [0.25, 0.3) is 0 Å². The zero-order chi connectivity index (χ0) is 15.6. The van der Waals surface area contributed by atoms with Gasteiger partial charge in [0.2, 0.25) is 0 Å². The molecule has 1 aromatic rings. The topological polar surface area (TPSA) is 44.8 Å². The summed E-state index contributed by atoms with van der Waals surface area (Å²) in [4.78, 5) is 0. The maximum absolute atomic E-state index is 12.9. The summed E-state index contributed by atoms with van der Waals surface area (Å²) in [7, 11) is 1.64. The average molecular weight is 428 g/mol. The first-order valence-electron chi connectivity index (χ1n) is 7.36. The summed E-state index contributed by atoms with van der Waals surface area (Å²) in [5.74, 6) is 0.805. The van der Waals surface area contributed by atoms with E-state index in [9.17, 15) is 4.57 Å². The first-order chi connectivity index (χ1) is 10.1. The first-order valence-corrected chi connectivity index (χ1v) is 13.1. The van der Waals surface area contributed by atoms with Gasteiger partial charge in [-0.2, -0.15) is 0 Å². The van der Waals surface area contributed by atoms with E-state index >= 15 is 0 Å². The molecule has 21 heavy (non-hydrogen) atoms. The predicted octanol–water partition coefficient (Wildman–Crippen LogP) is 3.77. The van der Waals surface area contributed by atoms with Crippen LogP contribution in [0.4, 0.5) is 0 Å². The summed E-state index contributed by atoms with van der Waals surface area (Å²) in [6, 6.07) is 7.70. The van der Waals surface area contributed by atoms with Gasteiger partial charge in [-0.3, -0.25) is 0 Å². The van der Waals surface area contributed by atoms with E-state index in [-0.39, 0.29) is 0 Å². The van der Waals surface area contributed by atoms with Crippen LogP contribution in [0, 0.1) is 0 Å². The van der Waals surface area contributed by atoms with Gasteiger partial charge in [0.15, 0.2) is 0 Å². The van der Waals surface area contributed by atoms with Gasteiger partial charge in [-0.1, -0.05) is 0 Å². The Hall–Kier alpha value is -0.0404. The number of unbranched alkanes of at least 4 members (excludes halogenated alkanes) is 2. The van der Waals surface area contributed by atoms with Crippen molar-refractivity contribution in [2.24, 2.45) is 0 Å². The molecular weight excluding hydrogens is 403 g/mol. The summed E-state index contributed by atoms with van der Waals surface area (Å²) in [6.45, 7) is 5.21. The van der Waals surface area contributed by atoms with Crippen LogP contribution in [0.15, 0.2) is 24.3 Å². The minimum absolute atomic E-state index is 0.515. The number of hydrogen-bond acceptors (Lipinski definition) is 4. The van der Waals surface area contributed by atoms with Gasteiger partial charge < -0.3 is 0 Å². The second-order valence-corrected chi connectivity index (χ2v) is 12.9. The molecule has 0 aliphatic carbocycles. The van der Waals surface area contributed by atoms with Crippen LogP contribution in [0.5, 0.6) is 5.75 Å². The Labute approximate surface area is 137 Å². The van der Waals surface area contributed by atoms with Gasteiger partial charge >= 0.3 is 137 Å². The molecule has 0 radical (unpaired) electrons. The number of hydrogen-bond donors (Lipinski definition) is 0. The van der Waals surface area contributed by atoms with Crippen LogP contribution in [0.25, 0.3) is 0 Å². The van der Waals surface area contributed by atoms with Gasteiger partial charge in [0.05, 0.1) is 0 Å². The third kappa shape index (κ3) is 7.68. The Morgan fingerprint density at radius 3 is 1.95 bits per heavy atom. The van der Waals surface area contributed by atoms with Crippen molar-refractivity contribution in [3.63, 3.8) is 0 Å². The van der Waals surface area contributed by atoms with Gasteiger partial charge in [-0.15, -0.1) is 0 Å². The molecule has 0 atom stereocenters. The van der Waals surface area contributed by atoms with Crippen LogP contribution in [-0.4, -0.2) is 40.7 Å². The summed E-state index contributed by atoms with van der Waals surface area (Å²) < 4.78 is 30.4. The Kier molecular flexibility index (Phi) is 9.64. The third-order valence-corrected chi connectivity index (χ3v) is 10.5. The average Bonchev–Trinajstić information content (AvgIpc) is 2.48. The van der Waals surface area contributed by atoms with Crippen molar-refractivity contribution in [3.05, 3.63) is 24.3 Å². The fraction of sp³-hybridized carbons (Fsp3) is 0.600. The van der Waals surface area contributed by atoms with Crippen molar-refractivity contribution in [2.75, 3.05) is 20.3 Å². The van der Waals surface area contributed by atoms with Crippen molar-refractivity contribution in [1.29, 1.82) is 0 Å². The molecule has 0 saturated carbocycles. The molecule has 6 heteroatoms. The Bertz CT molecular complexity index is 422. The molecule has 0 bridgehead atoms. The zero-order valence-electron chi connectivity index (χ0n) is 13.0. The van der Waals surface area contributed by atoms with Gasteiger partial charge in [-0.05, 0) is 0 Å². The molecule has 120 valence electrons. The minimum atomic E-state index is -2.94. The Morgan fingerprint density at radius 1 is 1.00 bits per heavy atom. The molecule has 0 spiro atoms. The molecule has 0 unspecified atom stereocenters. The number of rotatable bonds is 11. The van der Waals surface area contributed by atoms with Crippen LogP contribution in [-0.2, 0) is 13.6 Å². The molecule has 0 aliphatic rings. The Morgan fingerprint density at radius 2 is 1.52 bits per heavy atom. The first kappa shape index (κ1) is 19.0. The quantitative estimate of drug-likeness (QED) is 0.306. The van der Waals surface area contributed by atoms with Gasteiger partial charge in [0.1, 0.15) is 0 Å². The fourth-order valence-corrected chi connectivity index (χ4v) is 8.58. The van der Waals surface area contributed by atoms with Crippen molar-refractivity contribution < 1.29 is 18.3 Å². The van der Waals surface area contributed by atoms with E-state index in [1.165, 1.54) is 0 Å². The molecule has 1 rings (SSSR count). The van der Waals surface area contributed by atoms with Crippen molar-refractivity contribution in [2.45, 2.75) is 39.5 Å². The summed E-state index contributed by atoms with van der Waals surface area (Å²) >= 11 is -1.03. The molecule has 4 nitrogen and oxygen atoms in total. The summed E-state index contributed by atoms with van der Waals surface area (Å²) in [5.41, 5.74) is 0. The number of methoxy groups -OCH3 is 1. The zero-order valence-corrected chi connectivity index (χ0v) is 16.3. The molecule has 0 aromatic heterocycles. The molecule has 0 N–H and O–H groups in total. The molecule has 0 heterocycles. The van der Waals surface area contributed by atoms with Crippen LogP contribution in [0.2, 0.25) is 0 Å². The second-order valence-electron chi connectivity index (χ2n) is 4.59. The van der Waals surface area contributed by atoms with Crippen molar-refractivity contribution in [1.82, 2.24) is 0 Å². The SMILES string of the molecule is CCCCOP(=O)(OCCCC)[Te]c1ccc(OC)cc1. The maximum atomic E-state index is 12.9. The molecule has 0 amide bonds. The van der Waals surface area contributed by atoms with Gasteiger partial charge in [0, 0.05) is 0 Å². The Balaban J connectivity index is 2.66. The standard InChI is InChI=1S/C15H25O4PTe/c1-4-6-12-18-20(16,19-13-7-5-2)21-15-10-8-14(17-3)9-11-15/h8-11H,4-7,12-13H2,1-3H3. The number of benzene rings is 1. The third-order valence-electron chi connectivity index (χ3n) is 2.77. The number of ether oxygens (including phenoxy) is 1. The second kappa shape index (κ2) is 10.6. The van der Waals surface area contributed by atoms with E-state index in [0.29, 0.717) is 13.2 Å². The van der Waals surface area contributed by atoms with E-state index in [4.69, 9.17) is 13.8 Å². The van der Waals surface area contributed by atoms with Crippen molar-refractivity contribution in [3.8, 4) is 5.75 Å². The van der Waals surface area contributed by atoms with Crippen molar-refractivity contribution >= 4 is 29.3 Å². The van der Waals surface area contributed by atoms with E-state index in [2.05, 4.69) is 13.8 Å². The van der Waals surface area contributed by atoms with Crippen LogP contribution in [0.1, 0.15) is 39.5 Å². The molecule has 0 saturated heterocycles. The molecular formula is C15H25O4PTe. The normalized spacial score (nSPS) is 11.6. The molecule has 1 aromatic carbocycles.